The van der Waals surface area contributed by atoms with E-state index in [1.54, 1.807) is 17.0 Å². The Bertz CT molecular complexity index is 1220. The molecule has 204 valence electrons. The van der Waals surface area contributed by atoms with Crippen molar-refractivity contribution < 1.29 is 37.3 Å². The molecule has 10 heteroatoms. The third-order valence-electron chi connectivity index (χ3n) is 7.75. The number of aliphatic carboxylic acids is 1. The number of nitrogens with zero attached hydrogens (tertiary/aromatic N) is 2. The molecule has 0 bridgehead atoms. The summed E-state index contributed by atoms with van der Waals surface area (Å²) in [5.41, 5.74) is 1.96. The van der Waals surface area contributed by atoms with E-state index in [1.807, 2.05) is 17.9 Å². The van der Waals surface area contributed by atoms with Crippen molar-refractivity contribution in [3.63, 3.8) is 0 Å². The van der Waals surface area contributed by atoms with E-state index in [2.05, 4.69) is 0 Å². The van der Waals surface area contributed by atoms with Crippen LogP contribution in [0.2, 0.25) is 0 Å². The first-order valence-corrected chi connectivity index (χ1v) is 13.0. The molecule has 3 aliphatic rings. The summed E-state index contributed by atoms with van der Waals surface area (Å²) in [6.45, 7) is 4.38. The maximum absolute atomic E-state index is 14.0. The quantitative estimate of drug-likeness (QED) is 0.553. The summed E-state index contributed by atoms with van der Waals surface area (Å²) in [5.74, 6) is 0.0841. The van der Waals surface area contributed by atoms with Crippen LogP contribution < -0.4 is 9.47 Å². The van der Waals surface area contributed by atoms with Crippen molar-refractivity contribution >= 4 is 11.9 Å². The second-order valence-corrected chi connectivity index (χ2v) is 10.1. The number of fused-ring (bicyclic) bond motifs is 2. The van der Waals surface area contributed by atoms with Gasteiger partial charge in [0, 0.05) is 56.7 Å². The van der Waals surface area contributed by atoms with Crippen molar-refractivity contribution in [2.45, 2.75) is 57.3 Å². The molecule has 2 aromatic rings. The van der Waals surface area contributed by atoms with Crippen LogP contribution in [-0.4, -0.2) is 59.6 Å². The largest absolute Gasteiger partial charge is 0.492 e. The Labute approximate surface area is 219 Å². The Morgan fingerprint density at radius 1 is 1.11 bits per heavy atom. The molecule has 0 unspecified atom stereocenters. The fourth-order valence-corrected chi connectivity index (χ4v) is 5.78. The highest BCUT2D eigenvalue weighted by Crippen LogP contribution is 2.44. The molecule has 2 heterocycles. The number of hydrogen-bond acceptors (Lipinski definition) is 5. The number of piperazine rings is 1. The number of carbonyl (C=O) groups is 2. The zero-order valence-electron chi connectivity index (χ0n) is 21.2. The van der Waals surface area contributed by atoms with Crippen molar-refractivity contribution in [3.05, 3.63) is 58.1 Å². The van der Waals surface area contributed by atoms with Crippen LogP contribution in [0, 0.1) is 0 Å². The molecule has 2 atom stereocenters. The summed E-state index contributed by atoms with van der Waals surface area (Å²) in [5, 5.41) is 9.11. The highest BCUT2D eigenvalue weighted by Gasteiger charge is 2.38. The highest BCUT2D eigenvalue weighted by atomic mass is 19.4. The molecule has 0 spiro atoms. The first kappa shape index (κ1) is 26.3. The smallest absolute Gasteiger partial charge is 0.416 e. The van der Waals surface area contributed by atoms with E-state index >= 15 is 0 Å². The van der Waals surface area contributed by atoms with Crippen LogP contribution in [0.25, 0.3) is 0 Å². The van der Waals surface area contributed by atoms with Gasteiger partial charge in [0.15, 0.2) is 0 Å². The standard InChI is InChI=1S/C28H31F3N2O5/c1-2-26(34)33-11-9-32(10-12-33)15-22-20-6-8-24(21(20)5-7-23(22)28(29,30)31)38-18-3-4-19-17(13-27(35)36)16-37-25(19)14-18/h3-5,7,14,17,24H,2,6,8-13,15-16H2,1H3,(H,35,36)/t17-,24-/m1/s1. The Kier molecular flexibility index (Phi) is 7.26. The Balaban J connectivity index is 1.35. The maximum Gasteiger partial charge on any atom is 0.416 e. The van der Waals surface area contributed by atoms with Gasteiger partial charge >= 0.3 is 12.1 Å². The van der Waals surface area contributed by atoms with Gasteiger partial charge in [-0.1, -0.05) is 19.1 Å². The molecule has 1 N–H and O–H groups in total. The molecule has 0 aromatic heterocycles. The van der Waals surface area contributed by atoms with Crippen LogP contribution in [0.4, 0.5) is 13.2 Å². The number of alkyl halides is 3. The van der Waals surface area contributed by atoms with Gasteiger partial charge in [-0.15, -0.1) is 0 Å². The first-order valence-electron chi connectivity index (χ1n) is 13.0. The van der Waals surface area contributed by atoms with Gasteiger partial charge < -0.3 is 19.5 Å². The molecule has 1 fully saturated rings. The van der Waals surface area contributed by atoms with E-state index < -0.39 is 17.7 Å². The molecule has 2 aromatic carbocycles. The van der Waals surface area contributed by atoms with Gasteiger partial charge in [-0.05, 0) is 41.7 Å². The predicted octanol–water partition coefficient (Wildman–Crippen LogP) is 4.78. The van der Waals surface area contributed by atoms with Gasteiger partial charge in [0.1, 0.15) is 17.6 Å². The third-order valence-corrected chi connectivity index (χ3v) is 7.75. The lowest BCUT2D eigenvalue weighted by atomic mass is 9.96. The lowest BCUT2D eigenvalue weighted by Crippen LogP contribution is -2.48. The molecule has 0 saturated carbocycles. The maximum atomic E-state index is 14.0. The Morgan fingerprint density at radius 2 is 1.84 bits per heavy atom. The summed E-state index contributed by atoms with van der Waals surface area (Å²) in [7, 11) is 0. The number of carboxylic acid groups (broad SMARTS) is 1. The zero-order chi connectivity index (χ0) is 27.0. The lowest BCUT2D eigenvalue weighted by Gasteiger charge is -2.35. The summed E-state index contributed by atoms with van der Waals surface area (Å²) >= 11 is 0. The van der Waals surface area contributed by atoms with Gasteiger partial charge in [-0.25, -0.2) is 0 Å². The average molecular weight is 533 g/mol. The normalized spacial score (nSPS) is 21.1. The number of ether oxygens (including phenoxy) is 2. The number of benzene rings is 2. The van der Waals surface area contributed by atoms with Crippen LogP contribution >= 0.6 is 0 Å². The molecule has 5 rings (SSSR count). The van der Waals surface area contributed by atoms with E-state index in [4.69, 9.17) is 14.6 Å². The Morgan fingerprint density at radius 3 is 2.53 bits per heavy atom. The van der Waals surface area contributed by atoms with Crippen molar-refractivity contribution in [3.8, 4) is 11.5 Å². The number of amides is 1. The molecule has 1 aliphatic carbocycles. The van der Waals surface area contributed by atoms with Crippen LogP contribution in [-0.2, 0) is 28.7 Å². The summed E-state index contributed by atoms with van der Waals surface area (Å²) in [6.07, 6.45) is -3.41. The third kappa shape index (κ3) is 5.32. The molecular formula is C28H31F3N2O5. The average Bonchev–Trinajstić information content (AvgIpc) is 3.47. The van der Waals surface area contributed by atoms with Gasteiger partial charge in [0.05, 0.1) is 18.6 Å². The van der Waals surface area contributed by atoms with E-state index in [-0.39, 0.29) is 30.9 Å². The fourth-order valence-electron chi connectivity index (χ4n) is 5.78. The van der Waals surface area contributed by atoms with E-state index in [1.165, 1.54) is 6.07 Å². The topological polar surface area (TPSA) is 79.3 Å². The van der Waals surface area contributed by atoms with Crippen molar-refractivity contribution in [1.29, 1.82) is 0 Å². The van der Waals surface area contributed by atoms with Crippen molar-refractivity contribution in [1.82, 2.24) is 9.80 Å². The SMILES string of the molecule is CCC(=O)N1CCN(Cc2c(C(F)(F)F)ccc3c2CC[C@H]3Oc2ccc3c(c2)OC[C@H]3CC(=O)O)CC1. The van der Waals surface area contributed by atoms with Gasteiger partial charge in [-0.3, -0.25) is 14.5 Å². The summed E-state index contributed by atoms with van der Waals surface area (Å²) in [6, 6.07) is 8.00. The second-order valence-electron chi connectivity index (χ2n) is 10.1. The molecule has 2 aliphatic heterocycles. The molecular weight excluding hydrogens is 501 g/mol. The Hall–Kier alpha value is -3.27. The van der Waals surface area contributed by atoms with Crippen LogP contribution in [0.3, 0.4) is 0 Å². The predicted molar refractivity (Wildman–Crippen MR) is 132 cm³/mol. The summed E-state index contributed by atoms with van der Waals surface area (Å²) < 4.78 is 53.9. The molecule has 1 saturated heterocycles. The van der Waals surface area contributed by atoms with Crippen LogP contribution in [0.15, 0.2) is 30.3 Å². The molecule has 38 heavy (non-hydrogen) atoms. The molecule has 1 amide bonds. The first-order chi connectivity index (χ1) is 18.1. The van der Waals surface area contributed by atoms with E-state index in [9.17, 15) is 22.8 Å². The minimum atomic E-state index is -4.47. The minimum Gasteiger partial charge on any atom is -0.492 e. The fraction of sp³-hybridized carbons (Fsp3) is 0.500. The monoisotopic (exact) mass is 532 g/mol. The highest BCUT2D eigenvalue weighted by molar-refractivity contribution is 5.75. The van der Waals surface area contributed by atoms with Gasteiger partial charge in [0.2, 0.25) is 5.91 Å². The molecule has 7 nitrogen and oxygen atoms in total. The molecule has 0 radical (unpaired) electrons. The zero-order valence-corrected chi connectivity index (χ0v) is 21.2. The van der Waals surface area contributed by atoms with Crippen LogP contribution in [0.1, 0.15) is 66.0 Å². The number of halogens is 3. The second kappa shape index (κ2) is 10.5. The van der Waals surface area contributed by atoms with Crippen LogP contribution in [0.5, 0.6) is 11.5 Å². The van der Waals surface area contributed by atoms with Crippen molar-refractivity contribution in [2.24, 2.45) is 0 Å². The minimum absolute atomic E-state index is 0.0164. The lowest BCUT2D eigenvalue weighted by molar-refractivity contribution is -0.139. The van der Waals surface area contributed by atoms with Gasteiger partial charge in [-0.2, -0.15) is 13.2 Å². The van der Waals surface area contributed by atoms with Gasteiger partial charge in [0.25, 0.3) is 0 Å². The van der Waals surface area contributed by atoms with E-state index in [0.717, 1.165) is 17.2 Å². The number of carboxylic acids is 1. The number of carbonyl (C=O) groups excluding carboxylic acids is 1. The summed E-state index contributed by atoms with van der Waals surface area (Å²) in [4.78, 5) is 26.9. The number of hydrogen-bond donors (Lipinski definition) is 1. The number of rotatable bonds is 7. The van der Waals surface area contributed by atoms with Crippen molar-refractivity contribution in [2.75, 3.05) is 32.8 Å². The van der Waals surface area contributed by atoms with E-state index in [0.29, 0.717) is 74.7 Å².